The summed E-state index contributed by atoms with van der Waals surface area (Å²) in [6.45, 7) is 5.62. The lowest BCUT2D eigenvalue weighted by atomic mass is 9.97. The van der Waals surface area contributed by atoms with Crippen LogP contribution in [-0.4, -0.2) is 76.4 Å². The smallest absolute Gasteiger partial charge is 0.326 e. The maximum atomic E-state index is 12.8. The summed E-state index contributed by atoms with van der Waals surface area (Å²) >= 11 is 1.59. The van der Waals surface area contributed by atoms with Crippen LogP contribution in [0, 0.1) is 5.92 Å². The largest absolute Gasteiger partial charge is 0.480 e. The molecule has 1 aliphatic rings. The van der Waals surface area contributed by atoms with E-state index in [9.17, 15) is 24.3 Å². The van der Waals surface area contributed by atoms with Gasteiger partial charge in [0.2, 0.25) is 17.7 Å². The fraction of sp³-hybridized carbons (Fsp3) is 0.789. The Hall–Kier alpha value is -1.81. The van der Waals surface area contributed by atoms with Crippen molar-refractivity contribution < 1.29 is 24.3 Å². The molecule has 0 aliphatic carbocycles. The molecule has 166 valence electrons. The molecule has 3 amide bonds. The molecule has 5 N–H and O–H groups in total. The van der Waals surface area contributed by atoms with E-state index in [0.29, 0.717) is 32.2 Å². The predicted octanol–water partition coefficient (Wildman–Crippen LogP) is 0.178. The summed E-state index contributed by atoms with van der Waals surface area (Å²) in [5.41, 5.74) is 5.90. The Morgan fingerprint density at radius 2 is 1.86 bits per heavy atom. The summed E-state index contributed by atoms with van der Waals surface area (Å²) < 4.78 is 0. The summed E-state index contributed by atoms with van der Waals surface area (Å²) in [7, 11) is 0. The van der Waals surface area contributed by atoms with Gasteiger partial charge >= 0.3 is 5.97 Å². The van der Waals surface area contributed by atoms with Crippen molar-refractivity contribution >= 4 is 35.5 Å². The van der Waals surface area contributed by atoms with E-state index in [1.807, 2.05) is 20.1 Å². The summed E-state index contributed by atoms with van der Waals surface area (Å²) in [4.78, 5) is 50.4. The van der Waals surface area contributed by atoms with Gasteiger partial charge in [0.15, 0.2) is 0 Å². The standard InChI is InChI=1S/C19H34N4O5S/c1-5-11(2)15(22-16(24)13(20)8-10-29-4)17(25)21-12(3)18(26)23-9-6-7-14(23)19(27)28/h11-15H,5-10,20H2,1-4H3,(H,21,25)(H,22,24)(H,27,28). The lowest BCUT2D eigenvalue weighted by molar-refractivity contribution is -0.149. The third-order valence-corrected chi connectivity index (χ3v) is 5.96. The number of amides is 3. The molecule has 0 aromatic heterocycles. The molecular weight excluding hydrogens is 396 g/mol. The Morgan fingerprint density at radius 1 is 1.21 bits per heavy atom. The van der Waals surface area contributed by atoms with Gasteiger partial charge < -0.3 is 26.4 Å². The van der Waals surface area contributed by atoms with Gasteiger partial charge in [0.05, 0.1) is 6.04 Å². The number of nitrogens with zero attached hydrogens (tertiary/aromatic N) is 1. The monoisotopic (exact) mass is 430 g/mol. The minimum absolute atomic E-state index is 0.160. The van der Waals surface area contributed by atoms with Crippen molar-refractivity contribution in [3.63, 3.8) is 0 Å². The highest BCUT2D eigenvalue weighted by Crippen LogP contribution is 2.18. The number of hydrogen-bond donors (Lipinski definition) is 4. The molecule has 0 aromatic rings. The summed E-state index contributed by atoms with van der Waals surface area (Å²) in [5, 5.41) is 14.6. The van der Waals surface area contributed by atoms with Crippen molar-refractivity contribution in [3.05, 3.63) is 0 Å². The fourth-order valence-corrected chi connectivity index (χ4v) is 3.73. The molecule has 5 unspecified atom stereocenters. The van der Waals surface area contributed by atoms with Crippen LogP contribution in [0.4, 0.5) is 0 Å². The lowest BCUT2D eigenvalue weighted by Gasteiger charge is -2.29. The van der Waals surface area contributed by atoms with E-state index in [-0.39, 0.29) is 5.92 Å². The first kappa shape index (κ1) is 25.2. The summed E-state index contributed by atoms with van der Waals surface area (Å²) in [6.07, 6.45) is 4.09. The number of aliphatic carboxylic acids is 1. The SMILES string of the molecule is CCC(C)C(NC(=O)C(N)CCSC)C(=O)NC(C)C(=O)N1CCCC1C(=O)O. The maximum absolute atomic E-state index is 12.8. The van der Waals surface area contributed by atoms with Crippen molar-refractivity contribution in [2.24, 2.45) is 11.7 Å². The molecule has 1 aliphatic heterocycles. The van der Waals surface area contributed by atoms with Crippen molar-refractivity contribution in [1.82, 2.24) is 15.5 Å². The second-order valence-corrected chi connectivity index (χ2v) is 8.50. The second kappa shape index (κ2) is 12.0. The van der Waals surface area contributed by atoms with Crippen LogP contribution >= 0.6 is 11.8 Å². The van der Waals surface area contributed by atoms with Gasteiger partial charge in [-0.25, -0.2) is 4.79 Å². The molecule has 9 nitrogen and oxygen atoms in total. The highest BCUT2D eigenvalue weighted by Gasteiger charge is 2.37. The van der Waals surface area contributed by atoms with E-state index in [0.717, 1.165) is 5.75 Å². The Balaban J connectivity index is 2.77. The fourth-order valence-electron chi connectivity index (χ4n) is 3.24. The number of rotatable bonds is 11. The van der Waals surface area contributed by atoms with E-state index in [1.54, 1.807) is 11.8 Å². The van der Waals surface area contributed by atoms with Crippen LogP contribution in [0.25, 0.3) is 0 Å². The number of carboxylic acids is 1. The Labute approximate surface area is 176 Å². The van der Waals surface area contributed by atoms with Gasteiger partial charge in [-0.1, -0.05) is 20.3 Å². The van der Waals surface area contributed by atoms with E-state index >= 15 is 0 Å². The Morgan fingerprint density at radius 3 is 2.41 bits per heavy atom. The van der Waals surface area contributed by atoms with E-state index in [2.05, 4.69) is 10.6 Å². The first-order valence-electron chi connectivity index (χ1n) is 10.0. The molecule has 10 heteroatoms. The van der Waals surface area contributed by atoms with Crippen molar-refractivity contribution in [2.45, 2.75) is 70.6 Å². The molecule has 0 aromatic carbocycles. The first-order chi connectivity index (χ1) is 13.6. The van der Waals surface area contributed by atoms with Crippen LogP contribution in [-0.2, 0) is 19.2 Å². The molecule has 0 spiro atoms. The number of hydrogen-bond acceptors (Lipinski definition) is 6. The van der Waals surface area contributed by atoms with Gasteiger partial charge in [-0.15, -0.1) is 0 Å². The lowest BCUT2D eigenvalue weighted by Crippen LogP contribution is -2.58. The van der Waals surface area contributed by atoms with Crippen LogP contribution < -0.4 is 16.4 Å². The Kier molecular flexibility index (Phi) is 10.5. The van der Waals surface area contributed by atoms with Crippen molar-refractivity contribution in [1.29, 1.82) is 0 Å². The molecule has 5 atom stereocenters. The number of nitrogens with one attached hydrogen (secondary N) is 2. The molecule has 1 rings (SSSR count). The van der Waals surface area contributed by atoms with Gasteiger partial charge in [-0.3, -0.25) is 14.4 Å². The molecule has 0 saturated carbocycles. The molecule has 1 saturated heterocycles. The number of thioether (sulfide) groups is 1. The van der Waals surface area contributed by atoms with E-state index in [4.69, 9.17) is 5.73 Å². The second-order valence-electron chi connectivity index (χ2n) is 7.52. The number of carboxylic acid groups (broad SMARTS) is 1. The molecule has 1 heterocycles. The minimum Gasteiger partial charge on any atom is -0.480 e. The maximum Gasteiger partial charge on any atom is 0.326 e. The van der Waals surface area contributed by atoms with Crippen molar-refractivity contribution in [3.8, 4) is 0 Å². The molecule has 0 radical (unpaired) electrons. The van der Waals surface area contributed by atoms with Gasteiger partial charge in [-0.2, -0.15) is 11.8 Å². The number of carbonyl (C=O) groups excluding carboxylic acids is 3. The third-order valence-electron chi connectivity index (χ3n) is 5.31. The first-order valence-corrected chi connectivity index (χ1v) is 11.4. The normalized spacial score (nSPS) is 20.4. The van der Waals surface area contributed by atoms with E-state index in [1.165, 1.54) is 11.8 Å². The van der Waals surface area contributed by atoms with E-state index < -0.39 is 47.9 Å². The zero-order chi connectivity index (χ0) is 22.1. The van der Waals surface area contributed by atoms with Gasteiger partial charge in [-0.05, 0) is 44.1 Å². The van der Waals surface area contributed by atoms with Crippen LogP contribution in [0.2, 0.25) is 0 Å². The number of likely N-dealkylation sites (tertiary alicyclic amines) is 1. The van der Waals surface area contributed by atoms with Gasteiger partial charge in [0, 0.05) is 6.54 Å². The zero-order valence-electron chi connectivity index (χ0n) is 17.6. The average Bonchev–Trinajstić information content (AvgIpc) is 3.18. The summed E-state index contributed by atoms with van der Waals surface area (Å²) in [6, 6.07) is -3.28. The molecular formula is C19H34N4O5S. The van der Waals surface area contributed by atoms with Crippen LogP contribution in [0.3, 0.4) is 0 Å². The highest BCUT2D eigenvalue weighted by molar-refractivity contribution is 7.98. The predicted molar refractivity (Wildman–Crippen MR) is 112 cm³/mol. The quantitative estimate of drug-likeness (QED) is 0.366. The average molecular weight is 431 g/mol. The van der Waals surface area contributed by atoms with Gasteiger partial charge in [0.25, 0.3) is 0 Å². The summed E-state index contributed by atoms with van der Waals surface area (Å²) in [5.74, 6) is -1.78. The number of carbonyl (C=O) groups is 4. The third kappa shape index (κ3) is 7.18. The molecule has 29 heavy (non-hydrogen) atoms. The van der Waals surface area contributed by atoms with Gasteiger partial charge in [0.1, 0.15) is 18.1 Å². The van der Waals surface area contributed by atoms with Crippen LogP contribution in [0.15, 0.2) is 0 Å². The highest BCUT2D eigenvalue weighted by atomic mass is 32.2. The van der Waals surface area contributed by atoms with Crippen LogP contribution in [0.1, 0.15) is 46.5 Å². The zero-order valence-corrected chi connectivity index (χ0v) is 18.5. The van der Waals surface area contributed by atoms with Crippen molar-refractivity contribution in [2.75, 3.05) is 18.6 Å². The Bertz CT molecular complexity index is 603. The number of nitrogens with two attached hydrogens (primary N) is 1. The molecule has 1 fully saturated rings. The molecule has 0 bridgehead atoms. The minimum atomic E-state index is -1.04. The van der Waals surface area contributed by atoms with Crippen LogP contribution in [0.5, 0.6) is 0 Å². The topological polar surface area (TPSA) is 142 Å².